The lowest BCUT2D eigenvalue weighted by Crippen LogP contribution is -1.91. The topological polar surface area (TPSA) is 17.1 Å². The first kappa shape index (κ1) is 12.6. The van der Waals surface area contributed by atoms with Gasteiger partial charge in [0, 0.05) is 5.56 Å². The molecule has 92 valence electrons. The highest BCUT2D eigenvalue weighted by atomic mass is 16.1. The van der Waals surface area contributed by atoms with Gasteiger partial charge in [-0.1, -0.05) is 49.4 Å². The molecule has 0 aliphatic heterocycles. The van der Waals surface area contributed by atoms with Crippen molar-refractivity contribution in [2.24, 2.45) is 0 Å². The van der Waals surface area contributed by atoms with Crippen molar-refractivity contribution in [2.45, 2.75) is 27.2 Å². The van der Waals surface area contributed by atoms with Gasteiger partial charge in [0.15, 0.2) is 5.78 Å². The highest BCUT2D eigenvalue weighted by molar-refractivity contribution is 5.94. The zero-order chi connectivity index (χ0) is 13.1. The van der Waals surface area contributed by atoms with Gasteiger partial charge in [0.05, 0.1) is 0 Å². The first-order valence-electron chi connectivity index (χ1n) is 6.32. The third kappa shape index (κ3) is 2.51. The van der Waals surface area contributed by atoms with Crippen LogP contribution in [0.3, 0.4) is 0 Å². The van der Waals surface area contributed by atoms with Gasteiger partial charge in [0.1, 0.15) is 0 Å². The Hall–Kier alpha value is -1.89. The summed E-state index contributed by atoms with van der Waals surface area (Å²) in [4.78, 5) is 11.2. The van der Waals surface area contributed by atoms with E-state index in [-0.39, 0.29) is 5.78 Å². The van der Waals surface area contributed by atoms with Crippen LogP contribution in [-0.2, 0) is 6.42 Å². The van der Waals surface area contributed by atoms with E-state index in [2.05, 4.69) is 32.0 Å². The molecular formula is C17H18O. The van der Waals surface area contributed by atoms with Crippen molar-refractivity contribution >= 4 is 5.78 Å². The fraction of sp³-hybridized carbons (Fsp3) is 0.235. The smallest absolute Gasteiger partial charge is 0.159 e. The highest BCUT2D eigenvalue weighted by Gasteiger charge is 2.03. The Kier molecular flexibility index (Phi) is 3.61. The van der Waals surface area contributed by atoms with E-state index >= 15 is 0 Å². The maximum absolute atomic E-state index is 11.2. The molecule has 0 aromatic heterocycles. The van der Waals surface area contributed by atoms with E-state index in [0.717, 1.165) is 17.5 Å². The normalized spacial score (nSPS) is 10.4. The van der Waals surface area contributed by atoms with Gasteiger partial charge in [-0.2, -0.15) is 0 Å². The van der Waals surface area contributed by atoms with Crippen LogP contribution in [0.15, 0.2) is 42.5 Å². The Bertz CT molecular complexity index is 565. The number of Topliss-reactive ketones (excluding diaryl/α,β-unsaturated/α-hetero) is 1. The van der Waals surface area contributed by atoms with Crippen LogP contribution in [0.25, 0.3) is 11.1 Å². The highest BCUT2D eigenvalue weighted by Crippen LogP contribution is 2.23. The standard InChI is InChI=1S/C17H18O/c1-4-14-5-10-17(11-12(14)2)16-8-6-15(7-9-16)13(3)18/h5-11H,4H2,1-3H3. The molecule has 0 radical (unpaired) electrons. The van der Waals surface area contributed by atoms with Gasteiger partial charge in [-0.3, -0.25) is 4.79 Å². The summed E-state index contributed by atoms with van der Waals surface area (Å²) in [6, 6.07) is 14.3. The van der Waals surface area contributed by atoms with Crippen molar-refractivity contribution < 1.29 is 4.79 Å². The minimum atomic E-state index is 0.110. The summed E-state index contributed by atoms with van der Waals surface area (Å²) in [5, 5.41) is 0. The Morgan fingerprint density at radius 2 is 1.61 bits per heavy atom. The molecule has 1 nitrogen and oxygen atoms in total. The van der Waals surface area contributed by atoms with Crippen LogP contribution in [0, 0.1) is 6.92 Å². The van der Waals surface area contributed by atoms with Crippen molar-refractivity contribution in [1.82, 2.24) is 0 Å². The van der Waals surface area contributed by atoms with Crippen molar-refractivity contribution in [3.8, 4) is 11.1 Å². The van der Waals surface area contributed by atoms with Crippen molar-refractivity contribution in [1.29, 1.82) is 0 Å². The van der Waals surface area contributed by atoms with Gasteiger partial charge < -0.3 is 0 Å². The summed E-state index contributed by atoms with van der Waals surface area (Å²) in [7, 11) is 0. The number of hydrogen-bond donors (Lipinski definition) is 0. The number of carbonyl (C=O) groups excluding carboxylic acids is 1. The van der Waals surface area contributed by atoms with Crippen LogP contribution in [0.2, 0.25) is 0 Å². The lowest BCUT2D eigenvalue weighted by atomic mass is 9.98. The summed E-state index contributed by atoms with van der Waals surface area (Å²) >= 11 is 0. The molecule has 0 saturated heterocycles. The van der Waals surface area contributed by atoms with Crippen LogP contribution < -0.4 is 0 Å². The predicted molar refractivity (Wildman–Crippen MR) is 76.0 cm³/mol. The molecule has 0 aliphatic carbocycles. The van der Waals surface area contributed by atoms with E-state index in [0.29, 0.717) is 0 Å². The SMILES string of the molecule is CCc1ccc(-c2ccc(C(C)=O)cc2)cc1C. The van der Waals surface area contributed by atoms with Crippen LogP contribution in [0.1, 0.15) is 35.3 Å². The second-order valence-electron chi connectivity index (χ2n) is 4.63. The molecule has 0 spiro atoms. The third-order valence-electron chi connectivity index (χ3n) is 3.35. The fourth-order valence-corrected chi connectivity index (χ4v) is 2.17. The van der Waals surface area contributed by atoms with Crippen LogP contribution in [0.5, 0.6) is 0 Å². The summed E-state index contributed by atoms with van der Waals surface area (Å²) in [6.07, 6.45) is 1.06. The van der Waals surface area contributed by atoms with Gasteiger partial charge in [0.25, 0.3) is 0 Å². The number of benzene rings is 2. The zero-order valence-corrected chi connectivity index (χ0v) is 11.2. The van der Waals surface area contributed by atoms with Crippen LogP contribution >= 0.6 is 0 Å². The zero-order valence-electron chi connectivity index (χ0n) is 11.2. The number of aryl methyl sites for hydroxylation is 2. The minimum absolute atomic E-state index is 0.110. The molecule has 0 atom stereocenters. The monoisotopic (exact) mass is 238 g/mol. The molecule has 2 aromatic carbocycles. The molecule has 0 N–H and O–H groups in total. The van der Waals surface area contributed by atoms with Gasteiger partial charge in [0.2, 0.25) is 0 Å². The van der Waals surface area contributed by atoms with E-state index < -0.39 is 0 Å². The third-order valence-corrected chi connectivity index (χ3v) is 3.35. The van der Waals surface area contributed by atoms with E-state index in [4.69, 9.17) is 0 Å². The van der Waals surface area contributed by atoms with E-state index in [9.17, 15) is 4.79 Å². The van der Waals surface area contributed by atoms with E-state index in [1.165, 1.54) is 16.7 Å². The fourth-order valence-electron chi connectivity index (χ4n) is 2.17. The summed E-state index contributed by atoms with van der Waals surface area (Å²) in [5.41, 5.74) is 5.84. The van der Waals surface area contributed by atoms with Crippen molar-refractivity contribution in [3.63, 3.8) is 0 Å². The van der Waals surface area contributed by atoms with Crippen molar-refractivity contribution in [3.05, 3.63) is 59.2 Å². The molecule has 0 amide bonds. The molecule has 2 aromatic rings. The van der Waals surface area contributed by atoms with Gasteiger partial charge >= 0.3 is 0 Å². The van der Waals surface area contributed by atoms with Gasteiger partial charge in [-0.05, 0) is 42.5 Å². The molecule has 18 heavy (non-hydrogen) atoms. The average Bonchev–Trinajstić information content (AvgIpc) is 2.38. The second-order valence-corrected chi connectivity index (χ2v) is 4.63. The van der Waals surface area contributed by atoms with Crippen LogP contribution in [0.4, 0.5) is 0 Å². The van der Waals surface area contributed by atoms with Gasteiger partial charge in [-0.15, -0.1) is 0 Å². The summed E-state index contributed by atoms with van der Waals surface area (Å²) in [5.74, 6) is 0.110. The van der Waals surface area contributed by atoms with Crippen LogP contribution in [-0.4, -0.2) is 5.78 Å². The Morgan fingerprint density at radius 1 is 1.00 bits per heavy atom. The van der Waals surface area contributed by atoms with E-state index in [1.807, 2.05) is 24.3 Å². The number of ketones is 1. The molecule has 1 heteroatoms. The molecule has 0 saturated carbocycles. The molecule has 0 aliphatic rings. The predicted octanol–water partition coefficient (Wildman–Crippen LogP) is 4.43. The Morgan fingerprint density at radius 3 is 2.11 bits per heavy atom. The first-order chi connectivity index (χ1) is 8.61. The summed E-state index contributed by atoms with van der Waals surface area (Å²) in [6.45, 7) is 5.91. The molecule has 2 rings (SSSR count). The maximum Gasteiger partial charge on any atom is 0.159 e. The maximum atomic E-state index is 11.2. The molecule has 0 heterocycles. The van der Waals surface area contributed by atoms with Crippen molar-refractivity contribution in [2.75, 3.05) is 0 Å². The number of hydrogen-bond acceptors (Lipinski definition) is 1. The first-order valence-corrected chi connectivity index (χ1v) is 6.32. The van der Waals surface area contributed by atoms with Gasteiger partial charge in [-0.25, -0.2) is 0 Å². The molecular weight excluding hydrogens is 220 g/mol. The molecule has 0 unspecified atom stereocenters. The number of rotatable bonds is 3. The minimum Gasteiger partial charge on any atom is -0.295 e. The largest absolute Gasteiger partial charge is 0.295 e. The van der Waals surface area contributed by atoms with E-state index in [1.54, 1.807) is 6.92 Å². The molecule has 0 fully saturated rings. The quantitative estimate of drug-likeness (QED) is 0.723. The number of carbonyl (C=O) groups is 1. The lowest BCUT2D eigenvalue weighted by Gasteiger charge is -2.07. The molecule has 0 bridgehead atoms. The Labute approximate surface area is 108 Å². The average molecular weight is 238 g/mol. The lowest BCUT2D eigenvalue weighted by molar-refractivity contribution is 0.101. The summed E-state index contributed by atoms with van der Waals surface area (Å²) < 4.78 is 0. The second kappa shape index (κ2) is 5.18. The Balaban J connectivity index is 2.36.